The van der Waals surface area contributed by atoms with Gasteiger partial charge in [-0.25, -0.2) is 0 Å². The number of nitrogens with two attached hydrogens (primary N) is 1. The van der Waals surface area contributed by atoms with Gasteiger partial charge in [0.2, 0.25) is 5.89 Å². The van der Waals surface area contributed by atoms with Gasteiger partial charge in [-0.3, -0.25) is 0 Å². The maximum absolute atomic E-state index is 6.01. The zero-order valence-electron chi connectivity index (χ0n) is 12.0. The fourth-order valence-corrected chi connectivity index (χ4v) is 2.07. The second kappa shape index (κ2) is 7.17. The van der Waals surface area contributed by atoms with Crippen LogP contribution in [0.4, 0.5) is 0 Å². The van der Waals surface area contributed by atoms with Crippen LogP contribution in [-0.4, -0.2) is 23.9 Å². The van der Waals surface area contributed by atoms with Gasteiger partial charge in [0.25, 0.3) is 0 Å². The minimum Gasteiger partial charge on any atom is -0.385 e. The van der Waals surface area contributed by atoms with Gasteiger partial charge < -0.3 is 15.0 Å². The first kappa shape index (κ1) is 14.7. The maximum Gasteiger partial charge on any atom is 0.243 e. The van der Waals surface area contributed by atoms with Crippen LogP contribution in [0.2, 0.25) is 0 Å². The molecular formula is C15H21N3O2. The molecule has 108 valence electrons. The summed E-state index contributed by atoms with van der Waals surface area (Å²) in [5.41, 5.74) is 8.41. The molecule has 0 saturated heterocycles. The summed E-state index contributed by atoms with van der Waals surface area (Å²) < 4.78 is 10.2. The zero-order chi connectivity index (χ0) is 14.4. The van der Waals surface area contributed by atoms with Crippen molar-refractivity contribution in [3.8, 4) is 0 Å². The summed E-state index contributed by atoms with van der Waals surface area (Å²) in [6, 6.07) is 8.05. The average molecular weight is 275 g/mol. The van der Waals surface area contributed by atoms with Crippen molar-refractivity contribution in [2.45, 2.75) is 32.2 Å². The molecule has 2 rings (SSSR count). The molecule has 0 amide bonds. The Bertz CT molecular complexity index is 539. The van der Waals surface area contributed by atoms with Crippen LogP contribution in [-0.2, 0) is 11.2 Å². The molecule has 0 bridgehead atoms. The second-order valence-electron chi connectivity index (χ2n) is 4.96. The lowest BCUT2D eigenvalue weighted by atomic mass is 10.1. The molecule has 20 heavy (non-hydrogen) atoms. The molecule has 0 aliphatic carbocycles. The van der Waals surface area contributed by atoms with Gasteiger partial charge in [0.15, 0.2) is 5.82 Å². The third kappa shape index (κ3) is 4.15. The fourth-order valence-electron chi connectivity index (χ4n) is 2.07. The van der Waals surface area contributed by atoms with Gasteiger partial charge in [-0.15, -0.1) is 0 Å². The topological polar surface area (TPSA) is 74.2 Å². The lowest BCUT2D eigenvalue weighted by Crippen LogP contribution is -2.11. The van der Waals surface area contributed by atoms with E-state index in [1.165, 1.54) is 11.1 Å². The van der Waals surface area contributed by atoms with E-state index in [2.05, 4.69) is 35.3 Å². The maximum atomic E-state index is 6.01. The largest absolute Gasteiger partial charge is 0.385 e. The molecule has 1 aromatic heterocycles. The number of rotatable bonds is 7. The summed E-state index contributed by atoms with van der Waals surface area (Å²) in [6.45, 7) is 2.76. The molecule has 1 aromatic carbocycles. The quantitative estimate of drug-likeness (QED) is 0.785. The van der Waals surface area contributed by atoms with Crippen LogP contribution in [0.3, 0.4) is 0 Å². The van der Waals surface area contributed by atoms with Crippen LogP contribution < -0.4 is 5.73 Å². The van der Waals surface area contributed by atoms with Crippen molar-refractivity contribution in [2.75, 3.05) is 13.7 Å². The monoisotopic (exact) mass is 275 g/mol. The molecular weight excluding hydrogens is 254 g/mol. The number of benzene rings is 1. The highest BCUT2D eigenvalue weighted by Gasteiger charge is 2.14. The van der Waals surface area contributed by atoms with Crippen LogP contribution in [0.15, 0.2) is 28.8 Å². The van der Waals surface area contributed by atoms with Crippen molar-refractivity contribution in [2.24, 2.45) is 5.73 Å². The molecule has 0 radical (unpaired) electrons. The minimum absolute atomic E-state index is 0.219. The standard InChI is InChI=1S/C15H21N3O2/c1-11-5-3-6-12(9-11)10-14-17-15(20-18-14)13(16)7-4-8-19-2/h3,5-6,9,13H,4,7-8,10,16H2,1-2H3. The van der Waals surface area contributed by atoms with E-state index in [0.29, 0.717) is 24.7 Å². The van der Waals surface area contributed by atoms with Gasteiger partial charge in [0.05, 0.1) is 6.04 Å². The van der Waals surface area contributed by atoms with E-state index in [9.17, 15) is 0 Å². The van der Waals surface area contributed by atoms with E-state index < -0.39 is 0 Å². The van der Waals surface area contributed by atoms with Crippen LogP contribution >= 0.6 is 0 Å². The lowest BCUT2D eigenvalue weighted by molar-refractivity contribution is 0.188. The van der Waals surface area contributed by atoms with Crippen molar-refractivity contribution in [3.63, 3.8) is 0 Å². The summed E-state index contributed by atoms with van der Waals surface area (Å²) in [6.07, 6.45) is 2.32. The van der Waals surface area contributed by atoms with E-state index in [4.69, 9.17) is 15.0 Å². The molecule has 0 aliphatic rings. The SMILES string of the molecule is COCCCC(N)c1nc(Cc2cccc(C)c2)no1. The van der Waals surface area contributed by atoms with Crippen molar-refractivity contribution in [1.29, 1.82) is 0 Å². The van der Waals surface area contributed by atoms with Gasteiger partial charge in [-0.2, -0.15) is 4.98 Å². The number of hydrogen-bond donors (Lipinski definition) is 1. The zero-order valence-corrected chi connectivity index (χ0v) is 12.0. The molecule has 0 fully saturated rings. The van der Waals surface area contributed by atoms with Gasteiger partial charge in [0.1, 0.15) is 0 Å². The fraction of sp³-hybridized carbons (Fsp3) is 0.467. The number of nitrogens with zero attached hydrogens (tertiary/aromatic N) is 2. The van der Waals surface area contributed by atoms with E-state index in [1.54, 1.807) is 7.11 Å². The summed E-state index contributed by atoms with van der Waals surface area (Å²) >= 11 is 0. The van der Waals surface area contributed by atoms with Crippen LogP contribution in [0.1, 0.15) is 41.7 Å². The Labute approximate surface area is 119 Å². The Balaban J connectivity index is 1.94. The average Bonchev–Trinajstić information content (AvgIpc) is 2.87. The summed E-state index contributed by atoms with van der Waals surface area (Å²) in [4.78, 5) is 4.37. The Kier molecular flexibility index (Phi) is 5.26. The van der Waals surface area contributed by atoms with E-state index >= 15 is 0 Å². The lowest BCUT2D eigenvalue weighted by Gasteiger charge is -2.05. The van der Waals surface area contributed by atoms with Crippen molar-refractivity contribution >= 4 is 0 Å². The predicted octanol–water partition coefficient (Wildman–Crippen LogP) is 2.40. The number of aromatic nitrogens is 2. The number of methoxy groups -OCH3 is 1. The highest BCUT2D eigenvalue weighted by Crippen LogP contribution is 2.15. The van der Waals surface area contributed by atoms with Crippen molar-refractivity contribution in [1.82, 2.24) is 10.1 Å². The number of aryl methyl sites for hydroxylation is 1. The Morgan fingerprint density at radius 2 is 2.25 bits per heavy atom. The molecule has 2 aromatic rings. The van der Waals surface area contributed by atoms with Gasteiger partial charge >= 0.3 is 0 Å². The summed E-state index contributed by atoms with van der Waals surface area (Å²) in [5.74, 6) is 1.18. The number of ether oxygens (including phenoxy) is 1. The second-order valence-corrected chi connectivity index (χ2v) is 4.96. The van der Waals surface area contributed by atoms with E-state index in [0.717, 1.165) is 12.8 Å². The number of hydrogen-bond acceptors (Lipinski definition) is 5. The molecule has 5 heteroatoms. The van der Waals surface area contributed by atoms with Crippen LogP contribution in [0, 0.1) is 6.92 Å². The van der Waals surface area contributed by atoms with Crippen LogP contribution in [0.5, 0.6) is 0 Å². The van der Waals surface area contributed by atoms with E-state index in [1.807, 2.05) is 6.07 Å². The first-order valence-electron chi connectivity index (χ1n) is 6.81. The predicted molar refractivity (Wildman–Crippen MR) is 76.3 cm³/mol. The highest BCUT2D eigenvalue weighted by atomic mass is 16.5. The van der Waals surface area contributed by atoms with E-state index in [-0.39, 0.29) is 6.04 Å². The molecule has 0 spiro atoms. The Morgan fingerprint density at radius 3 is 3.00 bits per heavy atom. The van der Waals surface area contributed by atoms with Crippen LogP contribution in [0.25, 0.3) is 0 Å². The highest BCUT2D eigenvalue weighted by molar-refractivity contribution is 5.24. The van der Waals surface area contributed by atoms with Crippen molar-refractivity contribution in [3.05, 3.63) is 47.1 Å². The first-order chi connectivity index (χ1) is 9.69. The molecule has 0 saturated carbocycles. The Hall–Kier alpha value is -1.72. The molecule has 1 unspecified atom stereocenters. The van der Waals surface area contributed by atoms with Gasteiger partial charge in [-0.1, -0.05) is 35.0 Å². The summed E-state index contributed by atoms with van der Waals surface area (Å²) in [5, 5.41) is 3.99. The third-order valence-corrected chi connectivity index (χ3v) is 3.11. The van der Waals surface area contributed by atoms with Crippen molar-refractivity contribution < 1.29 is 9.26 Å². The van der Waals surface area contributed by atoms with Gasteiger partial charge in [-0.05, 0) is 25.3 Å². The molecule has 5 nitrogen and oxygen atoms in total. The molecule has 0 aliphatic heterocycles. The molecule has 1 atom stereocenters. The van der Waals surface area contributed by atoms with Gasteiger partial charge in [0, 0.05) is 20.1 Å². The summed E-state index contributed by atoms with van der Waals surface area (Å²) in [7, 11) is 1.68. The molecule has 1 heterocycles. The third-order valence-electron chi connectivity index (χ3n) is 3.11. The molecule has 2 N–H and O–H groups in total. The first-order valence-corrected chi connectivity index (χ1v) is 6.81. The Morgan fingerprint density at radius 1 is 1.40 bits per heavy atom. The smallest absolute Gasteiger partial charge is 0.243 e. The minimum atomic E-state index is -0.219. The normalized spacial score (nSPS) is 12.6.